The number of fused-ring (bicyclic) bond motifs is 2. The number of ether oxygens (including phenoxy) is 1. The summed E-state index contributed by atoms with van der Waals surface area (Å²) in [5, 5.41) is 0. The predicted molar refractivity (Wildman–Crippen MR) is 131 cm³/mol. The van der Waals surface area contributed by atoms with Crippen molar-refractivity contribution in [3.8, 4) is 0 Å². The number of amidine groups is 1. The van der Waals surface area contributed by atoms with Gasteiger partial charge in [-0.05, 0) is 6.42 Å². The van der Waals surface area contributed by atoms with Crippen LogP contribution in [-0.4, -0.2) is 93.8 Å². The average molecular weight is 481 g/mol. The van der Waals surface area contributed by atoms with Crippen LogP contribution in [0.5, 0.6) is 0 Å². The van der Waals surface area contributed by atoms with E-state index in [-0.39, 0.29) is 30.4 Å². The smallest absolute Gasteiger partial charge is 0.290 e. The highest BCUT2D eigenvalue weighted by atomic mass is 19.1. The number of morpholine rings is 1. The maximum Gasteiger partial charge on any atom is 0.290 e. The molecular formula is C24H29FN8O2. The highest BCUT2D eigenvalue weighted by Crippen LogP contribution is 2.33. The molecule has 6 rings (SSSR count). The third-order valence-corrected chi connectivity index (χ3v) is 7.09. The minimum atomic E-state index is -0.989. The molecule has 2 saturated heterocycles. The van der Waals surface area contributed by atoms with Gasteiger partial charge in [-0.1, -0.05) is 31.2 Å². The van der Waals surface area contributed by atoms with Crippen molar-refractivity contribution in [1.82, 2.24) is 24.4 Å². The molecular weight excluding hydrogens is 451 g/mol. The SMILES string of the molecule is CCC1=NC2C=CC=CC2N1c1nc(N2CCOCC2)c2nc(C(=O)N3CC[C@@H](F)C3)n(C)c2n1. The van der Waals surface area contributed by atoms with Gasteiger partial charge in [0.15, 0.2) is 17.0 Å². The number of carbonyl (C=O) groups is 1. The second-order valence-corrected chi connectivity index (χ2v) is 9.27. The van der Waals surface area contributed by atoms with Crippen LogP contribution in [0.3, 0.4) is 0 Å². The van der Waals surface area contributed by atoms with Crippen LogP contribution < -0.4 is 9.80 Å². The second kappa shape index (κ2) is 8.71. The number of rotatable bonds is 4. The van der Waals surface area contributed by atoms with Crippen LogP contribution >= 0.6 is 0 Å². The molecule has 1 aliphatic carbocycles. The number of aromatic nitrogens is 4. The van der Waals surface area contributed by atoms with E-state index in [0.29, 0.717) is 62.2 Å². The van der Waals surface area contributed by atoms with Crippen molar-refractivity contribution in [3.05, 3.63) is 30.1 Å². The fourth-order valence-corrected chi connectivity index (χ4v) is 5.23. The molecule has 3 aliphatic heterocycles. The quantitative estimate of drug-likeness (QED) is 0.660. The van der Waals surface area contributed by atoms with Crippen LogP contribution in [0.25, 0.3) is 11.2 Å². The molecule has 1 amide bonds. The Morgan fingerprint density at radius 1 is 1.14 bits per heavy atom. The van der Waals surface area contributed by atoms with Gasteiger partial charge in [-0.2, -0.15) is 9.97 Å². The van der Waals surface area contributed by atoms with Crippen LogP contribution in [0.15, 0.2) is 29.3 Å². The topological polar surface area (TPSA) is 92.0 Å². The summed E-state index contributed by atoms with van der Waals surface area (Å²) in [6.45, 7) is 5.09. The average Bonchev–Trinajstić information content (AvgIpc) is 3.58. The van der Waals surface area contributed by atoms with Crippen LogP contribution in [-0.2, 0) is 11.8 Å². The van der Waals surface area contributed by atoms with Crippen molar-refractivity contribution in [2.75, 3.05) is 49.2 Å². The van der Waals surface area contributed by atoms with E-state index in [2.05, 4.69) is 28.9 Å². The van der Waals surface area contributed by atoms with Gasteiger partial charge in [0.2, 0.25) is 11.8 Å². The number of imidazole rings is 1. The van der Waals surface area contributed by atoms with E-state index in [0.717, 1.165) is 12.3 Å². The molecule has 0 saturated carbocycles. The Balaban J connectivity index is 1.48. The number of likely N-dealkylation sites (tertiary alicyclic amines) is 1. The maximum absolute atomic E-state index is 13.8. The largest absolute Gasteiger partial charge is 0.378 e. The molecule has 2 aromatic heterocycles. The molecule has 0 radical (unpaired) electrons. The lowest BCUT2D eigenvalue weighted by Crippen LogP contribution is -2.41. The van der Waals surface area contributed by atoms with Crippen LogP contribution in [0.1, 0.15) is 30.4 Å². The zero-order chi connectivity index (χ0) is 24.1. The molecule has 0 bridgehead atoms. The van der Waals surface area contributed by atoms with Crippen molar-refractivity contribution >= 4 is 34.7 Å². The van der Waals surface area contributed by atoms with Gasteiger partial charge >= 0.3 is 0 Å². The standard InChI is InChI=1S/C24H29FN8O2/c1-3-18-26-16-6-4-5-7-17(16)33(18)24-28-20-19(21(29-24)31-10-12-35-13-11-31)27-22(30(20)2)23(34)32-9-8-15(25)14-32/h4-7,15-17H,3,8-14H2,1-2H3/t15-,16?,17?/m1/s1. The Kier molecular flexibility index (Phi) is 5.51. The van der Waals surface area contributed by atoms with E-state index in [4.69, 9.17) is 24.7 Å². The lowest BCUT2D eigenvalue weighted by Gasteiger charge is -2.30. The number of aryl methyl sites for hydroxylation is 1. The number of anilines is 2. The van der Waals surface area contributed by atoms with E-state index >= 15 is 0 Å². The van der Waals surface area contributed by atoms with Crippen LogP contribution in [0.4, 0.5) is 16.2 Å². The first-order valence-electron chi connectivity index (χ1n) is 12.3. The highest BCUT2D eigenvalue weighted by Gasteiger charge is 2.37. The van der Waals surface area contributed by atoms with Gasteiger partial charge in [0.25, 0.3) is 5.91 Å². The molecule has 2 unspecified atom stereocenters. The number of aliphatic imine (C=N–C) groups is 1. The molecule has 10 nitrogen and oxygen atoms in total. The summed E-state index contributed by atoms with van der Waals surface area (Å²) in [4.78, 5) is 38.5. The Hall–Kier alpha value is -3.34. The number of allylic oxidation sites excluding steroid dienone is 2. The summed E-state index contributed by atoms with van der Waals surface area (Å²) >= 11 is 0. The van der Waals surface area contributed by atoms with Gasteiger partial charge in [-0.15, -0.1) is 0 Å². The summed E-state index contributed by atoms with van der Waals surface area (Å²) in [7, 11) is 1.79. The molecule has 35 heavy (non-hydrogen) atoms. The Morgan fingerprint density at radius 2 is 1.94 bits per heavy atom. The van der Waals surface area contributed by atoms with Crippen LogP contribution in [0, 0.1) is 0 Å². The summed E-state index contributed by atoms with van der Waals surface area (Å²) in [5.74, 6) is 2.12. The minimum absolute atomic E-state index is 0.00496. The zero-order valence-electron chi connectivity index (χ0n) is 20.0. The Labute approximate surface area is 202 Å². The number of alkyl halides is 1. The molecule has 4 aliphatic rings. The summed E-state index contributed by atoms with van der Waals surface area (Å²) < 4.78 is 21.1. The molecule has 11 heteroatoms. The van der Waals surface area contributed by atoms with E-state index in [1.54, 1.807) is 11.6 Å². The number of halogens is 1. The van der Waals surface area contributed by atoms with Crippen LogP contribution in [0.2, 0.25) is 0 Å². The van der Waals surface area contributed by atoms with Crippen molar-refractivity contribution in [1.29, 1.82) is 0 Å². The van der Waals surface area contributed by atoms with Crippen molar-refractivity contribution in [2.24, 2.45) is 12.0 Å². The van der Waals surface area contributed by atoms with Crippen molar-refractivity contribution in [2.45, 2.75) is 38.0 Å². The third-order valence-electron chi connectivity index (χ3n) is 7.09. The highest BCUT2D eigenvalue weighted by molar-refractivity contribution is 6.01. The molecule has 2 fully saturated rings. The van der Waals surface area contributed by atoms with E-state index in [9.17, 15) is 9.18 Å². The normalized spacial score (nSPS) is 26.1. The van der Waals surface area contributed by atoms with Gasteiger partial charge in [0, 0.05) is 33.1 Å². The Bertz CT molecular complexity index is 1250. The lowest BCUT2D eigenvalue weighted by molar-refractivity contribution is 0.0767. The van der Waals surface area contributed by atoms with Gasteiger partial charge in [-0.25, -0.2) is 9.37 Å². The van der Waals surface area contributed by atoms with Gasteiger partial charge in [0.1, 0.15) is 12.0 Å². The number of carbonyl (C=O) groups excluding carboxylic acids is 1. The predicted octanol–water partition coefficient (Wildman–Crippen LogP) is 1.88. The Morgan fingerprint density at radius 3 is 2.69 bits per heavy atom. The monoisotopic (exact) mass is 480 g/mol. The molecule has 0 spiro atoms. The summed E-state index contributed by atoms with van der Waals surface area (Å²) in [5.41, 5.74) is 1.15. The third kappa shape index (κ3) is 3.69. The van der Waals surface area contributed by atoms with E-state index in [1.807, 2.05) is 12.2 Å². The van der Waals surface area contributed by atoms with E-state index < -0.39 is 6.17 Å². The van der Waals surface area contributed by atoms with Gasteiger partial charge in [-0.3, -0.25) is 14.7 Å². The second-order valence-electron chi connectivity index (χ2n) is 9.27. The number of amides is 1. The number of hydrogen-bond acceptors (Lipinski definition) is 8. The van der Waals surface area contributed by atoms with Gasteiger partial charge in [0.05, 0.1) is 31.8 Å². The lowest BCUT2D eigenvalue weighted by atomic mass is 10.0. The zero-order valence-corrected chi connectivity index (χ0v) is 20.0. The maximum atomic E-state index is 13.8. The molecule has 5 heterocycles. The first-order valence-corrected chi connectivity index (χ1v) is 12.3. The minimum Gasteiger partial charge on any atom is -0.378 e. The fourth-order valence-electron chi connectivity index (χ4n) is 5.23. The first-order chi connectivity index (χ1) is 17.0. The number of nitrogens with zero attached hydrogens (tertiary/aromatic N) is 8. The first kappa shape index (κ1) is 22.1. The fraction of sp³-hybridized carbons (Fsp3) is 0.542. The number of hydrogen-bond donors (Lipinski definition) is 0. The van der Waals surface area contributed by atoms with Crippen molar-refractivity contribution < 1.29 is 13.9 Å². The molecule has 0 N–H and O–H groups in total. The van der Waals surface area contributed by atoms with E-state index in [1.165, 1.54) is 4.90 Å². The van der Waals surface area contributed by atoms with Crippen molar-refractivity contribution in [3.63, 3.8) is 0 Å². The molecule has 184 valence electrons. The molecule has 2 aromatic rings. The molecule has 3 atom stereocenters. The summed E-state index contributed by atoms with van der Waals surface area (Å²) in [6.07, 6.45) is 8.38. The molecule has 0 aromatic carbocycles. The van der Waals surface area contributed by atoms with Gasteiger partial charge < -0.3 is 19.1 Å². The summed E-state index contributed by atoms with van der Waals surface area (Å²) in [6, 6.07) is 0.0268.